The van der Waals surface area contributed by atoms with Gasteiger partial charge in [-0.05, 0) is 17.2 Å². The van der Waals surface area contributed by atoms with Gasteiger partial charge in [-0.1, -0.05) is 30.3 Å². The summed E-state index contributed by atoms with van der Waals surface area (Å²) >= 11 is 0. The van der Waals surface area contributed by atoms with Gasteiger partial charge in [0.1, 0.15) is 0 Å². The summed E-state index contributed by atoms with van der Waals surface area (Å²) in [7, 11) is 0. The Morgan fingerprint density at radius 2 is 1.74 bits per heavy atom. The summed E-state index contributed by atoms with van der Waals surface area (Å²) in [6.07, 6.45) is -3.69. The van der Waals surface area contributed by atoms with Gasteiger partial charge in [-0.15, -0.1) is 0 Å². The van der Waals surface area contributed by atoms with Crippen molar-refractivity contribution in [2.24, 2.45) is 11.7 Å². The van der Waals surface area contributed by atoms with Crippen molar-refractivity contribution < 1.29 is 28.2 Å². The van der Waals surface area contributed by atoms with E-state index in [1.807, 2.05) is 0 Å². The lowest BCUT2D eigenvalue weighted by Gasteiger charge is -2.20. The summed E-state index contributed by atoms with van der Waals surface area (Å²) in [4.78, 5) is 15.3. The minimum Gasteiger partial charge on any atom is -0.394 e. The number of aliphatic hydroxyl groups excluding tert-OH is 2. The smallest absolute Gasteiger partial charge is 0.295 e. The second-order valence-electron chi connectivity index (χ2n) is 6.21. The molecule has 27 heavy (non-hydrogen) atoms. The number of benzene rings is 1. The van der Waals surface area contributed by atoms with Crippen molar-refractivity contribution >= 4 is 5.78 Å². The highest BCUT2D eigenvalue weighted by molar-refractivity contribution is 5.81. The van der Waals surface area contributed by atoms with Crippen molar-refractivity contribution in [2.75, 3.05) is 13.3 Å². The lowest BCUT2D eigenvalue weighted by Crippen LogP contribution is -2.22. The maximum atomic E-state index is 13.1. The predicted molar refractivity (Wildman–Crippen MR) is 93.7 cm³/mol. The minimum absolute atomic E-state index is 0.220. The van der Waals surface area contributed by atoms with Crippen LogP contribution >= 0.6 is 0 Å². The van der Waals surface area contributed by atoms with Crippen molar-refractivity contribution in [2.45, 2.75) is 25.0 Å². The van der Waals surface area contributed by atoms with E-state index in [4.69, 9.17) is 10.8 Å². The maximum absolute atomic E-state index is 13.1. The highest BCUT2D eigenvalue weighted by Crippen LogP contribution is 2.28. The van der Waals surface area contributed by atoms with E-state index in [-0.39, 0.29) is 6.61 Å². The molecule has 0 unspecified atom stereocenters. The number of hydrogen-bond acceptors (Lipinski definition) is 5. The number of halogens is 3. The molecule has 1 heterocycles. The molecule has 0 aliphatic heterocycles. The van der Waals surface area contributed by atoms with Crippen molar-refractivity contribution in [3.8, 4) is 11.1 Å². The molecule has 0 aliphatic carbocycles. The molecule has 0 saturated carbocycles. The molecule has 3 atom stereocenters. The van der Waals surface area contributed by atoms with E-state index in [1.54, 1.807) is 42.6 Å². The van der Waals surface area contributed by atoms with Crippen LogP contribution in [0.15, 0.2) is 42.6 Å². The number of aliphatic hydroxyl groups is 2. The van der Waals surface area contributed by atoms with Crippen LogP contribution in [-0.4, -0.2) is 40.7 Å². The number of alkyl halides is 3. The van der Waals surface area contributed by atoms with Crippen LogP contribution in [0.1, 0.15) is 29.8 Å². The summed E-state index contributed by atoms with van der Waals surface area (Å²) in [6, 6.07) is 9.33. The van der Waals surface area contributed by atoms with Crippen LogP contribution in [0, 0.1) is 5.92 Å². The second-order valence-corrected chi connectivity index (χ2v) is 6.21. The summed E-state index contributed by atoms with van der Waals surface area (Å²) in [5, 5.41) is 19.2. The fourth-order valence-corrected chi connectivity index (χ4v) is 2.63. The monoisotopic (exact) mass is 382 g/mol. The van der Waals surface area contributed by atoms with Gasteiger partial charge >= 0.3 is 0 Å². The quantitative estimate of drug-likeness (QED) is 0.619. The maximum Gasteiger partial charge on any atom is 0.295 e. The molecular weight excluding hydrogens is 361 g/mol. The summed E-state index contributed by atoms with van der Waals surface area (Å²) in [6.45, 7) is -1.30. The number of rotatable bonds is 9. The molecule has 0 saturated heterocycles. The number of pyridine rings is 1. The molecular formula is C19H21F3N2O3. The van der Waals surface area contributed by atoms with E-state index in [2.05, 4.69) is 4.98 Å². The molecule has 5 nitrogen and oxygen atoms in total. The van der Waals surface area contributed by atoms with Crippen molar-refractivity contribution in [3.05, 3.63) is 53.9 Å². The molecule has 1 aromatic heterocycles. The third-order valence-electron chi connectivity index (χ3n) is 4.30. The Morgan fingerprint density at radius 3 is 2.22 bits per heavy atom. The fraction of sp³-hybridized carbons (Fsp3) is 0.368. The number of Topliss-reactive ketones (excluding diaryl/α,β-unsaturated/α-hetero) is 1. The molecule has 4 N–H and O–H groups in total. The van der Waals surface area contributed by atoms with E-state index in [1.165, 1.54) is 0 Å². The van der Waals surface area contributed by atoms with E-state index >= 15 is 0 Å². The predicted octanol–water partition coefficient (Wildman–Crippen LogP) is 2.58. The van der Waals surface area contributed by atoms with E-state index < -0.39 is 43.4 Å². The van der Waals surface area contributed by atoms with Crippen LogP contribution in [-0.2, 0) is 4.79 Å². The Morgan fingerprint density at radius 1 is 1.11 bits per heavy atom. The standard InChI is InChI=1S/C19H21F3N2O3/c20-8-14(7-17(26)19(21)22)18(27)12-3-1-11(2-4-12)13-5-6-16(24-9-13)15(23)10-25/h1-6,9,14-15,18-19,25,27H,7-8,10,23H2/t14-,15-,18-/m1/s1. The van der Waals surface area contributed by atoms with Gasteiger partial charge in [0, 0.05) is 24.1 Å². The van der Waals surface area contributed by atoms with Crippen LogP contribution in [0.4, 0.5) is 13.2 Å². The Balaban J connectivity index is 2.12. The minimum atomic E-state index is -3.18. The Hall–Kier alpha value is -2.29. The molecule has 2 aromatic rings. The molecule has 0 amide bonds. The normalized spacial score (nSPS) is 14.8. The Bertz CT molecular complexity index is 739. The molecule has 8 heteroatoms. The summed E-state index contributed by atoms with van der Waals surface area (Å²) in [5.41, 5.74) is 8.09. The van der Waals surface area contributed by atoms with E-state index in [9.17, 15) is 23.1 Å². The molecule has 0 bridgehead atoms. The van der Waals surface area contributed by atoms with E-state index in [0.717, 1.165) is 11.1 Å². The van der Waals surface area contributed by atoms with Crippen molar-refractivity contribution in [1.82, 2.24) is 4.98 Å². The SMILES string of the molecule is N[C@H](CO)c1ccc(-c2ccc([C@@H](O)[C@@H](CF)CC(=O)C(F)F)cc2)cn1. The third-order valence-corrected chi connectivity index (χ3v) is 4.30. The first-order valence-corrected chi connectivity index (χ1v) is 8.35. The van der Waals surface area contributed by atoms with Crippen LogP contribution in [0.2, 0.25) is 0 Å². The first-order chi connectivity index (χ1) is 12.9. The van der Waals surface area contributed by atoms with Gasteiger partial charge in [-0.25, -0.2) is 8.78 Å². The largest absolute Gasteiger partial charge is 0.394 e. The van der Waals surface area contributed by atoms with Crippen LogP contribution in [0.5, 0.6) is 0 Å². The number of nitrogens with two attached hydrogens (primary N) is 1. The third kappa shape index (κ3) is 5.35. The van der Waals surface area contributed by atoms with Gasteiger partial charge < -0.3 is 15.9 Å². The summed E-state index contributed by atoms with van der Waals surface area (Å²) in [5.74, 6) is -2.61. The number of nitrogens with zero attached hydrogens (tertiary/aromatic N) is 1. The number of ketones is 1. The number of carbonyl (C=O) groups excluding carboxylic acids is 1. The fourth-order valence-electron chi connectivity index (χ4n) is 2.63. The van der Waals surface area contributed by atoms with Gasteiger partial charge in [0.05, 0.1) is 31.1 Å². The number of carbonyl (C=O) groups is 1. The average molecular weight is 382 g/mol. The van der Waals surface area contributed by atoms with Crippen molar-refractivity contribution in [1.29, 1.82) is 0 Å². The topological polar surface area (TPSA) is 96.4 Å². The van der Waals surface area contributed by atoms with Crippen LogP contribution < -0.4 is 5.73 Å². The summed E-state index contributed by atoms with van der Waals surface area (Å²) < 4.78 is 37.8. The second kappa shape index (κ2) is 9.59. The molecule has 0 fully saturated rings. The molecule has 0 radical (unpaired) electrons. The zero-order valence-corrected chi connectivity index (χ0v) is 14.4. The first-order valence-electron chi connectivity index (χ1n) is 8.35. The van der Waals surface area contributed by atoms with Gasteiger partial charge in [-0.3, -0.25) is 14.2 Å². The first kappa shape index (κ1) is 21.0. The van der Waals surface area contributed by atoms with Gasteiger partial charge in [0.25, 0.3) is 6.43 Å². The molecule has 1 aromatic carbocycles. The average Bonchev–Trinajstić information content (AvgIpc) is 2.70. The van der Waals surface area contributed by atoms with Crippen LogP contribution in [0.3, 0.4) is 0 Å². The van der Waals surface area contributed by atoms with Gasteiger partial charge in [-0.2, -0.15) is 0 Å². The highest BCUT2D eigenvalue weighted by Gasteiger charge is 2.27. The van der Waals surface area contributed by atoms with Gasteiger partial charge in [0.15, 0.2) is 5.78 Å². The molecule has 2 rings (SSSR count). The number of aromatic nitrogens is 1. The highest BCUT2D eigenvalue weighted by atomic mass is 19.3. The van der Waals surface area contributed by atoms with E-state index in [0.29, 0.717) is 11.3 Å². The Labute approximate surface area is 154 Å². The zero-order valence-electron chi connectivity index (χ0n) is 14.4. The van der Waals surface area contributed by atoms with Crippen molar-refractivity contribution in [3.63, 3.8) is 0 Å². The molecule has 0 spiro atoms. The Kier molecular flexibility index (Phi) is 7.46. The lowest BCUT2D eigenvalue weighted by atomic mass is 9.91. The lowest BCUT2D eigenvalue weighted by molar-refractivity contribution is -0.131. The molecule has 146 valence electrons. The van der Waals surface area contributed by atoms with Crippen LogP contribution in [0.25, 0.3) is 11.1 Å². The van der Waals surface area contributed by atoms with Gasteiger partial charge in [0.2, 0.25) is 0 Å². The zero-order chi connectivity index (χ0) is 20.0. The molecule has 0 aliphatic rings. The number of hydrogen-bond donors (Lipinski definition) is 3.